The molecule has 0 saturated carbocycles. The molecule has 0 aromatic heterocycles. The number of carbonyl (C=O) groups is 2. The van der Waals surface area contributed by atoms with Crippen molar-refractivity contribution in [1.29, 1.82) is 0 Å². The Balaban J connectivity index is 0.00000112. The van der Waals surface area contributed by atoms with Crippen molar-refractivity contribution < 1.29 is 17.2 Å². The summed E-state index contributed by atoms with van der Waals surface area (Å²) >= 11 is 0. The van der Waals surface area contributed by atoms with Crippen LogP contribution in [0, 0.1) is 0 Å². The van der Waals surface area contributed by atoms with Gasteiger partial charge in [-0.25, -0.2) is 0 Å². The summed E-state index contributed by atoms with van der Waals surface area (Å²) in [7, 11) is 0. The molecule has 2 unspecified atom stereocenters. The van der Waals surface area contributed by atoms with Gasteiger partial charge in [0.1, 0.15) is 18.3 Å². The molecule has 0 aliphatic carbocycles. The summed E-state index contributed by atoms with van der Waals surface area (Å²) in [4.78, 5) is 24.1. The molecule has 3 atom stereocenters. The highest BCUT2D eigenvalue weighted by Crippen LogP contribution is 2.28. The normalized spacial score (nSPS) is 37.1. The topological polar surface area (TPSA) is 98.6 Å². The number of hydrogen-bond acceptors (Lipinski definition) is 4. The summed E-state index contributed by atoms with van der Waals surface area (Å²) in [6.07, 6.45) is 0.921. The molecule has 2 fully saturated rings. The molecule has 4 N–H and O–H groups in total. The Morgan fingerprint density at radius 3 is 2.93 bits per heavy atom. The van der Waals surface area contributed by atoms with Gasteiger partial charge in [0.15, 0.2) is 0 Å². The van der Waals surface area contributed by atoms with Crippen molar-refractivity contribution in [3.05, 3.63) is 0 Å². The lowest BCUT2D eigenvalue weighted by atomic mass is 10.2. The Hall–Kier alpha value is -1.14. The van der Waals surface area contributed by atoms with Crippen molar-refractivity contribution in [3.8, 4) is 0 Å². The number of ether oxygens (including phenoxy) is 1. The standard InChI is InChI=1S/C8H13N3O3.2H2/c9-4-3-14-6-2-1-5(7(10)12)11(6)8(4)13;;/h4-6H,1-3,9H2,(H2,10,12);2*1H/t4-,5?,6?;;/m0../s1. The van der Waals surface area contributed by atoms with E-state index in [1.165, 1.54) is 4.90 Å². The first kappa shape index (κ1) is 9.42. The van der Waals surface area contributed by atoms with Gasteiger partial charge in [0, 0.05) is 2.85 Å². The van der Waals surface area contributed by atoms with Crippen LogP contribution < -0.4 is 11.5 Å². The second-order valence-corrected chi connectivity index (χ2v) is 3.64. The van der Waals surface area contributed by atoms with Crippen molar-refractivity contribution >= 4 is 11.8 Å². The van der Waals surface area contributed by atoms with E-state index in [4.69, 9.17) is 16.2 Å². The van der Waals surface area contributed by atoms with Crippen LogP contribution in [0.15, 0.2) is 0 Å². The summed E-state index contributed by atoms with van der Waals surface area (Å²) in [6, 6.07) is -1.20. The zero-order valence-electron chi connectivity index (χ0n) is 7.68. The molecular formula is C8H17N3O3. The molecule has 6 heteroatoms. The van der Waals surface area contributed by atoms with E-state index < -0.39 is 18.0 Å². The van der Waals surface area contributed by atoms with Gasteiger partial charge in [-0.15, -0.1) is 0 Å². The minimum atomic E-state index is -0.661. The molecule has 6 nitrogen and oxygen atoms in total. The number of primary amides is 1. The Labute approximate surface area is 84.1 Å². The molecule has 2 aliphatic rings. The third-order valence-electron chi connectivity index (χ3n) is 2.70. The van der Waals surface area contributed by atoms with Crippen LogP contribution in [0.1, 0.15) is 15.7 Å². The van der Waals surface area contributed by atoms with Gasteiger partial charge in [0.05, 0.1) is 6.61 Å². The van der Waals surface area contributed by atoms with Crippen LogP contribution in [0.25, 0.3) is 0 Å². The predicted molar refractivity (Wildman–Crippen MR) is 51.0 cm³/mol. The van der Waals surface area contributed by atoms with Crippen LogP contribution in [0.4, 0.5) is 0 Å². The van der Waals surface area contributed by atoms with Crippen molar-refractivity contribution in [2.75, 3.05) is 6.61 Å². The summed E-state index contributed by atoms with van der Waals surface area (Å²) in [6.45, 7) is 0.228. The largest absolute Gasteiger partial charge is 0.368 e. The van der Waals surface area contributed by atoms with E-state index in [2.05, 4.69) is 0 Å². The molecule has 82 valence electrons. The van der Waals surface area contributed by atoms with Gasteiger partial charge < -0.3 is 21.1 Å². The van der Waals surface area contributed by atoms with E-state index >= 15 is 0 Å². The Bertz CT molecular complexity index is 290. The summed E-state index contributed by atoms with van der Waals surface area (Å²) in [5, 5.41) is 0. The highest BCUT2D eigenvalue weighted by Gasteiger charge is 2.45. The van der Waals surface area contributed by atoms with E-state index in [0.717, 1.165) is 0 Å². The average Bonchev–Trinajstić information content (AvgIpc) is 2.55. The number of rotatable bonds is 1. The number of amides is 2. The van der Waals surface area contributed by atoms with E-state index in [9.17, 15) is 9.59 Å². The van der Waals surface area contributed by atoms with Gasteiger partial charge in [-0.1, -0.05) is 0 Å². The first-order chi connectivity index (χ1) is 6.61. The van der Waals surface area contributed by atoms with Crippen molar-refractivity contribution in [3.63, 3.8) is 0 Å². The molecule has 2 amide bonds. The van der Waals surface area contributed by atoms with Crippen LogP contribution in [-0.4, -0.2) is 41.6 Å². The first-order valence-corrected chi connectivity index (χ1v) is 4.60. The Morgan fingerprint density at radius 1 is 1.57 bits per heavy atom. The van der Waals surface area contributed by atoms with Crippen LogP contribution in [0.5, 0.6) is 0 Å². The number of fused-ring (bicyclic) bond motifs is 1. The molecule has 0 spiro atoms. The summed E-state index contributed by atoms with van der Waals surface area (Å²) in [5.41, 5.74) is 10.7. The molecule has 0 aromatic rings. The fourth-order valence-electron chi connectivity index (χ4n) is 2.00. The minimum absolute atomic E-state index is 0. The van der Waals surface area contributed by atoms with Gasteiger partial charge in [-0.2, -0.15) is 0 Å². The van der Waals surface area contributed by atoms with Crippen molar-refractivity contribution in [2.24, 2.45) is 11.5 Å². The molecule has 2 rings (SSSR count). The third kappa shape index (κ3) is 1.27. The maximum absolute atomic E-state index is 11.6. The van der Waals surface area contributed by atoms with Gasteiger partial charge in [0.25, 0.3) is 0 Å². The van der Waals surface area contributed by atoms with Crippen LogP contribution in [0.2, 0.25) is 0 Å². The first-order valence-electron chi connectivity index (χ1n) is 4.60. The fourth-order valence-corrected chi connectivity index (χ4v) is 2.00. The molecule has 2 saturated heterocycles. The molecular weight excluding hydrogens is 186 g/mol. The van der Waals surface area contributed by atoms with E-state index in [1.54, 1.807) is 0 Å². The number of hydrogen-bond donors (Lipinski definition) is 2. The second kappa shape index (κ2) is 3.21. The Kier molecular flexibility index (Phi) is 2.16. The van der Waals surface area contributed by atoms with Gasteiger partial charge in [-0.05, 0) is 12.8 Å². The highest BCUT2D eigenvalue weighted by atomic mass is 16.5. The molecule has 2 aliphatic heterocycles. The quantitative estimate of drug-likeness (QED) is 0.549. The Morgan fingerprint density at radius 2 is 2.29 bits per heavy atom. The van der Waals surface area contributed by atoms with Gasteiger partial charge in [0.2, 0.25) is 11.8 Å². The van der Waals surface area contributed by atoms with Crippen LogP contribution >= 0.6 is 0 Å². The zero-order chi connectivity index (χ0) is 10.3. The summed E-state index contributed by atoms with van der Waals surface area (Å²) < 4.78 is 5.34. The summed E-state index contributed by atoms with van der Waals surface area (Å²) in [5.74, 6) is -0.721. The maximum atomic E-state index is 11.6. The third-order valence-corrected chi connectivity index (χ3v) is 2.70. The molecule has 0 radical (unpaired) electrons. The minimum Gasteiger partial charge on any atom is -0.368 e. The molecule has 14 heavy (non-hydrogen) atoms. The van der Waals surface area contributed by atoms with E-state index in [-0.39, 0.29) is 21.6 Å². The molecule has 0 bridgehead atoms. The molecule has 2 heterocycles. The van der Waals surface area contributed by atoms with E-state index in [1.807, 2.05) is 0 Å². The van der Waals surface area contributed by atoms with Gasteiger partial charge in [-0.3, -0.25) is 9.59 Å². The van der Waals surface area contributed by atoms with Gasteiger partial charge >= 0.3 is 0 Å². The lowest BCUT2D eigenvalue weighted by molar-refractivity contribution is -0.163. The monoisotopic (exact) mass is 203 g/mol. The maximum Gasteiger partial charge on any atom is 0.244 e. The zero-order valence-corrected chi connectivity index (χ0v) is 7.68. The van der Waals surface area contributed by atoms with Crippen LogP contribution in [-0.2, 0) is 14.3 Å². The number of nitrogens with two attached hydrogens (primary N) is 2. The van der Waals surface area contributed by atoms with Crippen molar-refractivity contribution in [1.82, 2.24) is 4.90 Å². The predicted octanol–water partition coefficient (Wildman–Crippen LogP) is -1.36. The number of nitrogens with zero attached hydrogens (tertiary/aromatic N) is 1. The SMILES string of the molecule is NC(=O)C1CCC2OC[C@H](N)C(=O)N21.[HH].[HH]. The van der Waals surface area contributed by atoms with E-state index in [0.29, 0.717) is 12.8 Å². The lowest BCUT2D eigenvalue weighted by Gasteiger charge is -2.35. The fraction of sp³-hybridized carbons (Fsp3) is 0.750. The molecule has 0 aromatic carbocycles. The van der Waals surface area contributed by atoms with Crippen LogP contribution in [0.3, 0.4) is 0 Å². The lowest BCUT2D eigenvalue weighted by Crippen LogP contribution is -2.59. The average molecular weight is 203 g/mol. The van der Waals surface area contributed by atoms with Crippen molar-refractivity contribution in [2.45, 2.75) is 31.2 Å². The second-order valence-electron chi connectivity index (χ2n) is 3.64. The number of carbonyl (C=O) groups excluding carboxylic acids is 2. The smallest absolute Gasteiger partial charge is 0.244 e. The highest BCUT2D eigenvalue weighted by molar-refractivity contribution is 5.90.